The lowest BCUT2D eigenvalue weighted by Crippen LogP contribution is -2.45. The maximum Gasteiger partial charge on any atom is 0.194 e. The first-order valence-corrected chi connectivity index (χ1v) is 10.1. The highest BCUT2D eigenvalue weighted by Gasteiger charge is 2.35. The molecule has 0 bridgehead atoms. The second kappa shape index (κ2) is 8.55. The van der Waals surface area contributed by atoms with E-state index in [1.807, 2.05) is 11.6 Å². The Morgan fingerprint density at radius 3 is 1.66 bits per heavy atom. The highest BCUT2D eigenvalue weighted by atomic mass is 32.1. The number of nitrogens with zero attached hydrogens (tertiary/aromatic N) is 2. The fraction of sp³-hybridized carbons (Fsp3) is 0.167. The molecule has 0 atom stereocenters. The Kier molecular flexibility index (Phi) is 5.69. The summed E-state index contributed by atoms with van der Waals surface area (Å²) in [5.41, 5.74) is 3.14. The van der Waals surface area contributed by atoms with Crippen molar-refractivity contribution in [3.8, 4) is 0 Å². The average molecular weight is 401 g/mol. The van der Waals surface area contributed by atoms with E-state index in [0.29, 0.717) is 4.77 Å². The van der Waals surface area contributed by atoms with Crippen LogP contribution in [0.3, 0.4) is 0 Å². The molecule has 0 unspecified atom stereocenters. The second-order valence-corrected chi connectivity index (χ2v) is 7.42. The Morgan fingerprint density at radius 2 is 1.28 bits per heavy atom. The smallest absolute Gasteiger partial charge is 0.194 e. The van der Waals surface area contributed by atoms with Crippen LogP contribution in [0, 0.1) is 4.77 Å². The Morgan fingerprint density at radius 1 is 0.828 bits per heavy atom. The lowest BCUT2D eigenvalue weighted by molar-refractivity contribution is 0.470. The molecule has 0 saturated carbocycles. The van der Waals surface area contributed by atoms with E-state index in [1.165, 1.54) is 16.7 Å². The molecule has 4 rings (SSSR count). The summed E-state index contributed by atoms with van der Waals surface area (Å²) >= 11 is 5.25. The predicted molar refractivity (Wildman–Crippen MR) is 119 cm³/mol. The SMILES string of the molecule is Cn1c(CCNC(c2ccccc2)(c2ccccc2)c2ccccc2)n[nH]c1=S. The number of rotatable bonds is 7. The summed E-state index contributed by atoms with van der Waals surface area (Å²) in [4.78, 5) is 0. The van der Waals surface area contributed by atoms with Crippen molar-refractivity contribution in [3.63, 3.8) is 0 Å². The van der Waals surface area contributed by atoms with Crippen LogP contribution in [0.4, 0.5) is 0 Å². The van der Waals surface area contributed by atoms with Crippen molar-refractivity contribution < 1.29 is 0 Å². The van der Waals surface area contributed by atoms with Gasteiger partial charge in [-0.1, -0.05) is 91.0 Å². The molecule has 0 amide bonds. The number of hydrogen-bond donors (Lipinski definition) is 2. The van der Waals surface area contributed by atoms with Crippen LogP contribution in [0.25, 0.3) is 0 Å². The molecule has 4 nitrogen and oxygen atoms in total. The van der Waals surface area contributed by atoms with E-state index in [1.54, 1.807) is 0 Å². The van der Waals surface area contributed by atoms with Gasteiger partial charge in [0.2, 0.25) is 0 Å². The Balaban J connectivity index is 1.79. The van der Waals surface area contributed by atoms with Gasteiger partial charge in [0.1, 0.15) is 5.82 Å². The van der Waals surface area contributed by atoms with Crippen LogP contribution in [-0.2, 0) is 19.0 Å². The van der Waals surface area contributed by atoms with Gasteiger partial charge in [0.25, 0.3) is 0 Å². The van der Waals surface area contributed by atoms with Crippen LogP contribution in [0.2, 0.25) is 0 Å². The standard InChI is InChI=1S/C24H24N4S/c1-28-22(26-27-23(28)29)17-18-25-24(19-11-5-2-6-12-19,20-13-7-3-8-14-20)21-15-9-4-10-16-21/h2-16,25H,17-18H2,1H3,(H,27,29). The molecule has 1 heterocycles. The van der Waals surface area contributed by atoms with Gasteiger partial charge in [0.15, 0.2) is 4.77 Å². The van der Waals surface area contributed by atoms with E-state index in [0.717, 1.165) is 18.8 Å². The molecule has 5 heteroatoms. The topological polar surface area (TPSA) is 45.6 Å². The van der Waals surface area contributed by atoms with E-state index in [4.69, 9.17) is 12.2 Å². The molecule has 0 radical (unpaired) electrons. The van der Waals surface area contributed by atoms with Crippen LogP contribution in [0.15, 0.2) is 91.0 Å². The van der Waals surface area contributed by atoms with Crippen molar-refractivity contribution in [2.75, 3.05) is 6.54 Å². The van der Waals surface area contributed by atoms with Crippen molar-refractivity contribution in [2.24, 2.45) is 7.05 Å². The summed E-state index contributed by atoms with van der Waals surface area (Å²) in [6.45, 7) is 0.742. The highest BCUT2D eigenvalue weighted by Crippen LogP contribution is 2.36. The predicted octanol–water partition coefficient (Wildman–Crippen LogP) is 4.60. The molecular formula is C24H24N4S. The summed E-state index contributed by atoms with van der Waals surface area (Å²) in [6.07, 6.45) is 0.762. The molecule has 2 N–H and O–H groups in total. The average Bonchev–Trinajstić information content (AvgIpc) is 3.11. The number of aromatic nitrogens is 3. The zero-order chi connectivity index (χ0) is 20.1. The Labute approximate surface area is 176 Å². The normalized spacial score (nSPS) is 11.5. The number of benzene rings is 3. The van der Waals surface area contributed by atoms with Crippen LogP contribution in [-0.4, -0.2) is 21.3 Å². The highest BCUT2D eigenvalue weighted by molar-refractivity contribution is 7.71. The van der Waals surface area contributed by atoms with Gasteiger partial charge in [-0.05, 0) is 28.9 Å². The molecule has 3 aromatic carbocycles. The van der Waals surface area contributed by atoms with Crippen molar-refractivity contribution in [3.05, 3.63) is 118 Å². The molecule has 4 aromatic rings. The van der Waals surface area contributed by atoms with Crippen LogP contribution in [0.1, 0.15) is 22.5 Å². The number of hydrogen-bond acceptors (Lipinski definition) is 3. The van der Waals surface area contributed by atoms with Gasteiger partial charge in [-0.3, -0.25) is 10.4 Å². The number of H-pyrrole nitrogens is 1. The van der Waals surface area contributed by atoms with Gasteiger partial charge in [0, 0.05) is 20.0 Å². The first kappa shape index (κ1) is 19.3. The monoisotopic (exact) mass is 400 g/mol. The van der Waals surface area contributed by atoms with E-state index in [-0.39, 0.29) is 0 Å². The minimum atomic E-state index is -0.463. The van der Waals surface area contributed by atoms with Crippen LogP contribution < -0.4 is 5.32 Å². The molecule has 1 aromatic heterocycles. The summed E-state index contributed by atoms with van der Waals surface area (Å²) in [5, 5.41) is 11.1. The van der Waals surface area contributed by atoms with E-state index in [2.05, 4.69) is 107 Å². The molecule has 0 spiro atoms. The fourth-order valence-corrected chi connectivity index (χ4v) is 3.99. The molecule has 29 heavy (non-hydrogen) atoms. The van der Waals surface area contributed by atoms with Gasteiger partial charge in [-0.15, -0.1) is 0 Å². The van der Waals surface area contributed by atoms with E-state index < -0.39 is 5.54 Å². The third kappa shape index (κ3) is 3.79. The molecule has 0 saturated heterocycles. The quantitative estimate of drug-likeness (QED) is 0.352. The Hall–Kier alpha value is -3.02. The molecule has 0 aliphatic heterocycles. The summed E-state index contributed by atoms with van der Waals surface area (Å²) in [6, 6.07) is 31.8. The van der Waals surface area contributed by atoms with Crippen molar-refractivity contribution in [1.29, 1.82) is 0 Å². The largest absolute Gasteiger partial charge is 0.307 e. The summed E-state index contributed by atoms with van der Waals surface area (Å²) < 4.78 is 2.56. The molecule has 0 aliphatic carbocycles. The number of nitrogens with one attached hydrogen (secondary N) is 2. The molecular weight excluding hydrogens is 376 g/mol. The third-order valence-electron chi connectivity index (χ3n) is 5.33. The van der Waals surface area contributed by atoms with Gasteiger partial charge < -0.3 is 4.57 Å². The van der Waals surface area contributed by atoms with Gasteiger partial charge in [-0.25, -0.2) is 0 Å². The van der Waals surface area contributed by atoms with E-state index >= 15 is 0 Å². The fourth-order valence-electron chi connectivity index (χ4n) is 3.84. The first-order chi connectivity index (χ1) is 14.2. The first-order valence-electron chi connectivity index (χ1n) is 9.73. The minimum absolute atomic E-state index is 0.463. The zero-order valence-electron chi connectivity index (χ0n) is 16.4. The summed E-state index contributed by atoms with van der Waals surface area (Å²) in [7, 11) is 1.94. The summed E-state index contributed by atoms with van der Waals surface area (Å²) in [5.74, 6) is 0.936. The van der Waals surface area contributed by atoms with Crippen LogP contribution in [0.5, 0.6) is 0 Å². The van der Waals surface area contributed by atoms with Gasteiger partial charge in [-0.2, -0.15) is 5.10 Å². The number of aromatic amines is 1. The second-order valence-electron chi connectivity index (χ2n) is 7.03. The van der Waals surface area contributed by atoms with Crippen molar-refractivity contribution >= 4 is 12.2 Å². The lowest BCUT2D eigenvalue weighted by atomic mass is 9.77. The van der Waals surface area contributed by atoms with Gasteiger partial charge >= 0.3 is 0 Å². The van der Waals surface area contributed by atoms with Gasteiger partial charge in [0.05, 0.1) is 5.54 Å². The molecule has 0 fully saturated rings. The molecule has 146 valence electrons. The Bertz CT molecular complexity index is 1010. The van der Waals surface area contributed by atoms with Crippen LogP contribution >= 0.6 is 12.2 Å². The van der Waals surface area contributed by atoms with Crippen molar-refractivity contribution in [1.82, 2.24) is 20.1 Å². The van der Waals surface area contributed by atoms with E-state index in [9.17, 15) is 0 Å². The minimum Gasteiger partial charge on any atom is -0.307 e. The lowest BCUT2D eigenvalue weighted by Gasteiger charge is -2.37. The van der Waals surface area contributed by atoms with Crippen molar-refractivity contribution in [2.45, 2.75) is 12.0 Å². The molecule has 0 aliphatic rings. The zero-order valence-corrected chi connectivity index (χ0v) is 17.2. The third-order valence-corrected chi connectivity index (χ3v) is 5.70. The maximum atomic E-state index is 5.25. The maximum absolute atomic E-state index is 5.25.